The van der Waals surface area contributed by atoms with Crippen molar-refractivity contribution in [1.82, 2.24) is 10.6 Å². The van der Waals surface area contributed by atoms with Gasteiger partial charge in [-0.3, -0.25) is 0 Å². The summed E-state index contributed by atoms with van der Waals surface area (Å²) in [6.45, 7) is 3.16. The van der Waals surface area contributed by atoms with Gasteiger partial charge in [-0.25, -0.2) is 0 Å². The molecule has 0 spiro atoms. The molecule has 0 saturated carbocycles. The summed E-state index contributed by atoms with van der Waals surface area (Å²) < 4.78 is 0. The Balaban J connectivity index is 1.64. The summed E-state index contributed by atoms with van der Waals surface area (Å²) in [5, 5.41) is 18.7. The van der Waals surface area contributed by atoms with Crippen LogP contribution in [0.4, 0.5) is 0 Å². The van der Waals surface area contributed by atoms with E-state index in [9.17, 15) is 5.11 Å². The third kappa shape index (κ3) is 4.20. The van der Waals surface area contributed by atoms with Crippen molar-refractivity contribution in [2.24, 2.45) is 5.92 Å². The second-order valence-corrected chi connectivity index (χ2v) is 8.22. The number of hydrogen-bond acceptors (Lipinski definition) is 3. The number of rotatable bonds is 3. The van der Waals surface area contributed by atoms with Gasteiger partial charge in [0.2, 0.25) is 0 Å². The van der Waals surface area contributed by atoms with Crippen molar-refractivity contribution < 1.29 is 5.11 Å². The van der Waals surface area contributed by atoms with Gasteiger partial charge in [0.1, 0.15) is 0 Å². The van der Waals surface area contributed by atoms with Gasteiger partial charge < -0.3 is 15.7 Å². The zero-order chi connectivity index (χ0) is 18.6. The Hall–Kier alpha value is -1.84. The molecule has 0 radical (unpaired) electrons. The average Bonchev–Trinajstić information content (AvgIpc) is 2.69. The van der Waals surface area contributed by atoms with E-state index >= 15 is 0 Å². The molecular formula is C24H32N2O. The van der Waals surface area contributed by atoms with Gasteiger partial charge in [-0.15, -0.1) is 0 Å². The Kier molecular flexibility index (Phi) is 5.80. The molecule has 0 amide bonds. The summed E-state index contributed by atoms with van der Waals surface area (Å²) in [5.41, 5.74) is 5.12. The van der Waals surface area contributed by atoms with Crippen molar-refractivity contribution in [2.45, 2.75) is 63.6 Å². The summed E-state index contributed by atoms with van der Waals surface area (Å²) >= 11 is 0. The highest BCUT2D eigenvalue weighted by Crippen LogP contribution is 2.39. The second kappa shape index (κ2) is 8.45. The number of hydrogen-bond donors (Lipinski definition) is 3. The zero-order valence-corrected chi connectivity index (χ0v) is 16.3. The third-order valence-electron chi connectivity index (χ3n) is 6.28. The van der Waals surface area contributed by atoms with Crippen LogP contribution in [0, 0.1) is 12.8 Å². The van der Waals surface area contributed by atoms with Gasteiger partial charge in [0.05, 0.1) is 12.1 Å². The second-order valence-electron chi connectivity index (χ2n) is 8.22. The molecule has 4 atom stereocenters. The van der Waals surface area contributed by atoms with Crippen molar-refractivity contribution >= 4 is 0 Å². The van der Waals surface area contributed by atoms with Crippen LogP contribution >= 0.6 is 0 Å². The smallest absolute Gasteiger partial charge is 0.0763 e. The minimum atomic E-state index is -0.335. The molecule has 2 unspecified atom stereocenters. The van der Waals surface area contributed by atoms with E-state index in [4.69, 9.17) is 0 Å². The van der Waals surface area contributed by atoms with Crippen LogP contribution < -0.4 is 10.6 Å². The average molecular weight is 365 g/mol. The Labute approximate surface area is 163 Å². The molecule has 1 aromatic carbocycles. The highest BCUT2D eigenvalue weighted by atomic mass is 16.3. The molecule has 3 nitrogen and oxygen atoms in total. The predicted molar refractivity (Wildman–Crippen MR) is 111 cm³/mol. The lowest BCUT2D eigenvalue weighted by atomic mass is 9.76. The van der Waals surface area contributed by atoms with E-state index in [1.165, 1.54) is 35.2 Å². The monoisotopic (exact) mass is 364 g/mol. The van der Waals surface area contributed by atoms with E-state index in [-0.39, 0.29) is 24.1 Å². The minimum absolute atomic E-state index is 0.172. The fourth-order valence-corrected chi connectivity index (χ4v) is 4.71. The fraction of sp³-hybridized carbons (Fsp3) is 0.500. The number of piperidine rings is 2. The first kappa shape index (κ1) is 18.5. The van der Waals surface area contributed by atoms with Gasteiger partial charge in [0, 0.05) is 17.7 Å². The molecule has 0 aromatic heterocycles. The maximum absolute atomic E-state index is 11.3. The largest absolute Gasteiger partial charge is 0.391 e. The molecule has 144 valence electrons. The third-order valence-corrected chi connectivity index (χ3v) is 6.28. The Morgan fingerprint density at radius 3 is 2.56 bits per heavy atom. The van der Waals surface area contributed by atoms with Gasteiger partial charge in [-0.2, -0.15) is 0 Å². The van der Waals surface area contributed by atoms with Crippen LogP contribution in [0.15, 0.2) is 59.8 Å². The van der Waals surface area contributed by atoms with E-state index in [2.05, 4.69) is 66.1 Å². The normalized spacial score (nSPS) is 30.7. The van der Waals surface area contributed by atoms with E-state index in [0.29, 0.717) is 0 Å². The molecule has 2 saturated heterocycles. The van der Waals surface area contributed by atoms with Crippen LogP contribution in [-0.4, -0.2) is 23.8 Å². The van der Waals surface area contributed by atoms with Crippen LogP contribution in [0.2, 0.25) is 0 Å². The van der Waals surface area contributed by atoms with Crippen molar-refractivity contribution in [3.8, 4) is 0 Å². The van der Waals surface area contributed by atoms with Crippen LogP contribution in [0.5, 0.6) is 0 Å². The molecule has 3 heteroatoms. The standard InChI is InChI=1S/C24H32N2O/c1-17-11-13-18(14-12-17)23-16-20(24(27)22-10-6-7-15-25-22)19-8-4-2-3-5-9-21(19)26-23/h2-3,8-9,11-14,20,22-27H,4-7,10,15-16H2,1H3/b3-2-,19-8?,21-9?/t20?,22-,23?,24-/m1/s1. The summed E-state index contributed by atoms with van der Waals surface area (Å²) in [6.07, 6.45) is 15.1. The molecule has 2 heterocycles. The van der Waals surface area contributed by atoms with Gasteiger partial charge in [-0.05, 0) is 56.7 Å². The minimum Gasteiger partial charge on any atom is -0.391 e. The van der Waals surface area contributed by atoms with Crippen molar-refractivity contribution in [3.05, 3.63) is 71.0 Å². The predicted octanol–water partition coefficient (Wildman–Crippen LogP) is 4.31. The summed E-state index contributed by atoms with van der Waals surface area (Å²) in [7, 11) is 0. The Bertz CT molecular complexity index is 725. The van der Waals surface area contributed by atoms with Crippen LogP contribution in [0.1, 0.15) is 55.7 Å². The van der Waals surface area contributed by atoms with Crippen molar-refractivity contribution in [3.63, 3.8) is 0 Å². The SMILES string of the molecule is Cc1ccc(C2CC([C@@H](O)[C@H]3CCCCN3)C3=CC/C=C\CC=C3N2)cc1. The molecule has 3 aliphatic rings. The molecule has 2 aliphatic heterocycles. The first-order valence-electron chi connectivity index (χ1n) is 10.5. The van der Waals surface area contributed by atoms with Crippen molar-refractivity contribution in [1.29, 1.82) is 0 Å². The molecular weight excluding hydrogens is 332 g/mol. The van der Waals surface area contributed by atoms with Gasteiger partial charge >= 0.3 is 0 Å². The topological polar surface area (TPSA) is 44.3 Å². The first-order chi connectivity index (χ1) is 13.2. The summed E-state index contributed by atoms with van der Waals surface area (Å²) in [6, 6.07) is 9.29. The molecule has 1 aromatic rings. The molecule has 27 heavy (non-hydrogen) atoms. The number of benzene rings is 1. The lowest BCUT2D eigenvalue weighted by Gasteiger charge is -2.41. The van der Waals surface area contributed by atoms with Gasteiger partial charge in [-0.1, -0.05) is 60.6 Å². The van der Waals surface area contributed by atoms with Gasteiger partial charge in [0.25, 0.3) is 0 Å². The number of fused-ring (bicyclic) bond motifs is 1. The maximum atomic E-state index is 11.3. The Morgan fingerprint density at radius 1 is 1.04 bits per heavy atom. The van der Waals surface area contributed by atoms with Gasteiger partial charge in [0.15, 0.2) is 0 Å². The van der Waals surface area contributed by atoms with E-state index in [1.807, 2.05) is 0 Å². The Morgan fingerprint density at radius 2 is 1.81 bits per heavy atom. The zero-order valence-electron chi connectivity index (χ0n) is 16.3. The molecule has 3 N–H and O–H groups in total. The summed E-state index contributed by atoms with van der Waals surface area (Å²) in [4.78, 5) is 0. The van der Waals surface area contributed by atoms with Crippen LogP contribution in [-0.2, 0) is 0 Å². The van der Waals surface area contributed by atoms with Crippen LogP contribution in [0.25, 0.3) is 0 Å². The highest BCUT2D eigenvalue weighted by Gasteiger charge is 2.37. The fourth-order valence-electron chi connectivity index (χ4n) is 4.71. The number of aliphatic hydroxyl groups is 1. The van der Waals surface area contributed by atoms with Crippen molar-refractivity contribution in [2.75, 3.05) is 6.54 Å². The molecule has 0 bridgehead atoms. The van der Waals surface area contributed by atoms with E-state index in [1.54, 1.807) is 0 Å². The maximum Gasteiger partial charge on any atom is 0.0763 e. The highest BCUT2D eigenvalue weighted by molar-refractivity contribution is 5.40. The molecule has 2 fully saturated rings. The first-order valence-corrected chi connectivity index (χ1v) is 10.5. The quantitative estimate of drug-likeness (QED) is 0.700. The number of allylic oxidation sites excluding steroid dienone is 5. The molecule has 4 rings (SSSR count). The number of aryl methyl sites for hydroxylation is 1. The number of nitrogens with one attached hydrogen (secondary N) is 2. The number of aliphatic hydroxyl groups excluding tert-OH is 1. The van der Waals surface area contributed by atoms with Crippen LogP contribution in [0.3, 0.4) is 0 Å². The summed E-state index contributed by atoms with van der Waals surface area (Å²) in [5.74, 6) is 0.172. The van der Waals surface area contributed by atoms with E-state index in [0.717, 1.165) is 32.2 Å². The molecule has 1 aliphatic carbocycles. The van der Waals surface area contributed by atoms with E-state index < -0.39 is 0 Å². The lowest BCUT2D eigenvalue weighted by molar-refractivity contribution is 0.0606. The lowest BCUT2D eigenvalue weighted by Crippen LogP contribution is -2.49.